The smallest absolute Gasteiger partial charge is 0.345 e. The third-order valence-electron chi connectivity index (χ3n) is 1.67. The summed E-state index contributed by atoms with van der Waals surface area (Å²) < 4.78 is 17.1. The number of benzene rings is 1. The van der Waals surface area contributed by atoms with Gasteiger partial charge in [-0.3, -0.25) is 10.1 Å². The van der Waals surface area contributed by atoms with E-state index in [2.05, 4.69) is 4.74 Å². The Labute approximate surface area is 83.0 Å². The molecule has 0 amide bonds. The minimum atomic E-state index is -1.12. The zero-order valence-corrected chi connectivity index (χ0v) is 7.56. The molecule has 0 unspecified atom stereocenters. The van der Waals surface area contributed by atoms with Crippen molar-refractivity contribution >= 4 is 11.7 Å². The quantitative estimate of drug-likeness (QED) is 0.455. The molecule has 0 fully saturated rings. The topological polar surface area (TPSA) is 89.7 Å². The summed E-state index contributed by atoms with van der Waals surface area (Å²) in [6.45, 7) is 0. The summed E-state index contributed by atoms with van der Waals surface area (Å²) in [6, 6.07) is 1.11. The SMILES string of the molecule is COC(=O)c1cc(F)c(O)cc1[N+](=O)[O-]. The summed E-state index contributed by atoms with van der Waals surface area (Å²) in [5.41, 5.74) is -1.25. The Morgan fingerprint density at radius 2 is 2.20 bits per heavy atom. The van der Waals surface area contributed by atoms with Crippen molar-refractivity contribution in [3.05, 3.63) is 33.6 Å². The molecule has 0 saturated carbocycles. The monoisotopic (exact) mass is 215 g/mol. The number of aromatic hydroxyl groups is 1. The normalized spacial score (nSPS) is 9.73. The highest BCUT2D eigenvalue weighted by Gasteiger charge is 2.23. The molecule has 0 aliphatic carbocycles. The van der Waals surface area contributed by atoms with Gasteiger partial charge in [-0.05, 0) is 6.07 Å². The van der Waals surface area contributed by atoms with Gasteiger partial charge in [0.2, 0.25) is 0 Å². The number of methoxy groups -OCH3 is 1. The molecule has 80 valence electrons. The number of hydrogen-bond donors (Lipinski definition) is 1. The average Bonchev–Trinajstić information content (AvgIpc) is 2.20. The van der Waals surface area contributed by atoms with Gasteiger partial charge in [-0.2, -0.15) is 0 Å². The number of nitrogens with zero attached hydrogens (tertiary/aromatic N) is 1. The number of hydrogen-bond acceptors (Lipinski definition) is 5. The van der Waals surface area contributed by atoms with Crippen LogP contribution in [0.15, 0.2) is 12.1 Å². The summed E-state index contributed by atoms with van der Waals surface area (Å²) in [7, 11) is 1.01. The highest BCUT2D eigenvalue weighted by molar-refractivity contribution is 5.94. The number of esters is 1. The van der Waals surface area contributed by atoms with Crippen LogP contribution in [0.5, 0.6) is 5.75 Å². The number of nitro benzene ring substituents is 1. The average molecular weight is 215 g/mol. The molecule has 6 nitrogen and oxygen atoms in total. The van der Waals surface area contributed by atoms with Gasteiger partial charge in [-0.25, -0.2) is 9.18 Å². The molecule has 0 aromatic heterocycles. The fraction of sp³-hybridized carbons (Fsp3) is 0.125. The molecular formula is C8H6FNO5. The standard InChI is InChI=1S/C8H6FNO5/c1-15-8(12)4-2-5(9)7(11)3-6(4)10(13)14/h2-3,11H,1H3. The summed E-state index contributed by atoms with van der Waals surface area (Å²) in [4.78, 5) is 20.6. The van der Waals surface area contributed by atoms with E-state index in [0.29, 0.717) is 12.1 Å². The molecule has 0 saturated heterocycles. The zero-order chi connectivity index (χ0) is 11.6. The van der Waals surface area contributed by atoms with Crippen molar-refractivity contribution in [1.29, 1.82) is 0 Å². The van der Waals surface area contributed by atoms with E-state index < -0.39 is 33.7 Å². The Morgan fingerprint density at radius 1 is 1.60 bits per heavy atom. The van der Waals surface area contributed by atoms with Gasteiger partial charge >= 0.3 is 5.97 Å². The third kappa shape index (κ3) is 2.01. The van der Waals surface area contributed by atoms with Crippen molar-refractivity contribution in [3.8, 4) is 5.75 Å². The number of nitro groups is 1. The van der Waals surface area contributed by atoms with Crippen LogP contribution in [0.4, 0.5) is 10.1 Å². The van der Waals surface area contributed by atoms with Crippen molar-refractivity contribution < 1.29 is 24.0 Å². The first-order valence-corrected chi connectivity index (χ1v) is 3.72. The maximum Gasteiger partial charge on any atom is 0.345 e. The van der Waals surface area contributed by atoms with Gasteiger partial charge in [-0.15, -0.1) is 0 Å². The Hall–Kier alpha value is -2.18. The third-order valence-corrected chi connectivity index (χ3v) is 1.67. The number of halogens is 1. The molecule has 1 aromatic rings. The molecule has 0 radical (unpaired) electrons. The summed E-state index contributed by atoms with van der Waals surface area (Å²) in [5.74, 6) is -3.06. The molecule has 0 spiro atoms. The Kier molecular flexibility index (Phi) is 2.84. The molecule has 0 atom stereocenters. The molecule has 0 bridgehead atoms. The molecular weight excluding hydrogens is 209 g/mol. The molecule has 1 aromatic carbocycles. The fourth-order valence-electron chi connectivity index (χ4n) is 0.975. The molecule has 0 heterocycles. The van der Waals surface area contributed by atoms with Crippen LogP contribution in [0.1, 0.15) is 10.4 Å². The van der Waals surface area contributed by atoms with Crippen LogP contribution < -0.4 is 0 Å². The predicted molar refractivity (Wildman–Crippen MR) is 46.1 cm³/mol. The van der Waals surface area contributed by atoms with E-state index in [1.54, 1.807) is 0 Å². The summed E-state index contributed by atoms with van der Waals surface area (Å²) >= 11 is 0. The fourth-order valence-corrected chi connectivity index (χ4v) is 0.975. The van der Waals surface area contributed by atoms with E-state index in [0.717, 1.165) is 7.11 Å². The lowest BCUT2D eigenvalue weighted by Gasteiger charge is -2.02. The largest absolute Gasteiger partial charge is 0.505 e. The zero-order valence-electron chi connectivity index (χ0n) is 7.56. The van der Waals surface area contributed by atoms with E-state index in [1.165, 1.54) is 0 Å². The van der Waals surface area contributed by atoms with Crippen molar-refractivity contribution in [2.75, 3.05) is 7.11 Å². The highest BCUT2D eigenvalue weighted by atomic mass is 19.1. The highest BCUT2D eigenvalue weighted by Crippen LogP contribution is 2.27. The van der Waals surface area contributed by atoms with E-state index >= 15 is 0 Å². The van der Waals surface area contributed by atoms with Gasteiger partial charge in [-0.1, -0.05) is 0 Å². The number of ether oxygens (including phenoxy) is 1. The predicted octanol–water partition coefficient (Wildman–Crippen LogP) is 1.23. The summed E-state index contributed by atoms with van der Waals surface area (Å²) in [6.07, 6.45) is 0. The van der Waals surface area contributed by atoms with E-state index in [-0.39, 0.29) is 0 Å². The number of carbonyl (C=O) groups is 1. The molecule has 1 rings (SSSR count). The van der Waals surface area contributed by atoms with Crippen LogP contribution in [-0.2, 0) is 4.74 Å². The minimum absolute atomic E-state index is 0.544. The first-order valence-electron chi connectivity index (χ1n) is 3.72. The van der Waals surface area contributed by atoms with Crippen molar-refractivity contribution in [2.45, 2.75) is 0 Å². The molecule has 1 N–H and O–H groups in total. The van der Waals surface area contributed by atoms with Gasteiger partial charge in [0.25, 0.3) is 5.69 Å². The first kappa shape index (κ1) is 10.9. The van der Waals surface area contributed by atoms with Crippen molar-refractivity contribution in [3.63, 3.8) is 0 Å². The van der Waals surface area contributed by atoms with E-state index in [9.17, 15) is 19.3 Å². The number of phenols is 1. The van der Waals surface area contributed by atoms with Crippen LogP contribution in [-0.4, -0.2) is 23.1 Å². The second kappa shape index (κ2) is 3.91. The number of carbonyl (C=O) groups excluding carboxylic acids is 1. The lowest BCUT2D eigenvalue weighted by atomic mass is 10.1. The summed E-state index contributed by atoms with van der Waals surface area (Å²) in [5, 5.41) is 19.4. The number of phenolic OH excluding ortho intramolecular Hbond substituents is 1. The van der Waals surface area contributed by atoms with Gasteiger partial charge < -0.3 is 9.84 Å². The molecule has 0 aliphatic heterocycles. The number of rotatable bonds is 2. The maximum absolute atomic E-state index is 12.8. The van der Waals surface area contributed by atoms with Crippen LogP contribution in [0.2, 0.25) is 0 Å². The molecule has 0 aliphatic rings. The van der Waals surface area contributed by atoms with Gasteiger partial charge in [0.15, 0.2) is 11.6 Å². The lowest BCUT2D eigenvalue weighted by molar-refractivity contribution is -0.385. The molecule has 15 heavy (non-hydrogen) atoms. The second-order valence-corrected chi connectivity index (χ2v) is 2.57. The maximum atomic E-state index is 12.8. The Bertz CT molecular complexity index is 431. The van der Waals surface area contributed by atoms with Gasteiger partial charge in [0.1, 0.15) is 5.56 Å². The molecule has 7 heteroatoms. The van der Waals surface area contributed by atoms with Crippen LogP contribution in [0, 0.1) is 15.9 Å². The van der Waals surface area contributed by atoms with Crippen LogP contribution in [0.3, 0.4) is 0 Å². The Balaban J connectivity index is 3.41. The van der Waals surface area contributed by atoms with Crippen LogP contribution >= 0.6 is 0 Å². The van der Waals surface area contributed by atoms with Crippen molar-refractivity contribution in [1.82, 2.24) is 0 Å². The van der Waals surface area contributed by atoms with E-state index in [4.69, 9.17) is 5.11 Å². The minimum Gasteiger partial charge on any atom is -0.505 e. The lowest BCUT2D eigenvalue weighted by Crippen LogP contribution is -2.06. The van der Waals surface area contributed by atoms with E-state index in [1.807, 2.05) is 0 Å². The van der Waals surface area contributed by atoms with Gasteiger partial charge in [0, 0.05) is 0 Å². The van der Waals surface area contributed by atoms with Gasteiger partial charge in [0.05, 0.1) is 18.1 Å². The first-order chi connectivity index (χ1) is 6.97. The van der Waals surface area contributed by atoms with Crippen LogP contribution in [0.25, 0.3) is 0 Å². The van der Waals surface area contributed by atoms with Crippen molar-refractivity contribution in [2.24, 2.45) is 0 Å². The Morgan fingerprint density at radius 3 is 2.67 bits per heavy atom. The second-order valence-electron chi connectivity index (χ2n) is 2.57.